The Hall–Kier alpha value is -1.85. The Morgan fingerprint density at radius 3 is 2.47 bits per heavy atom. The fourth-order valence-electron chi connectivity index (χ4n) is 1.15. The molecule has 0 aliphatic rings. The second-order valence-corrected chi connectivity index (χ2v) is 3.91. The SMILES string of the molecule is O=Cc1cc(C#Cc2ccccc2)cs1. The van der Waals surface area contributed by atoms with E-state index in [4.69, 9.17) is 0 Å². The maximum Gasteiger partial charge on any atom is 0.160 e. The molecule has 1 aromatic carbocycles. The summed E-state index contributed by atoms with van der Waals surface area (Å²) < 4.78 is 0. The molecule has 0 bridgehead atoms. The summed E-state index contributed by atoms with van der Waals surface area (Å²) in [5.41, 5.74) is 1.88. The summed E-state index contributed by atoms with van der Waals surface area (Å²) in [5, 5.41) is 1.89. The zero-order valence-corrected chi connectivity index (χ0v) is 8.75. The van der Waals surface area contributed by atoms with E-state index in [1.807, 2.05) is 35.7 Å². The van der Waals surface area contributed by atoms with Crippen LogP contribution in [0.2, 0.25) is 0 Å². The van der Waals surface area contributed by atoms with Crippen molar-refractivity contribution < 1.29 is 4.79 Å². The number of hydrogen-bond acceptors (Lipinski definition) is 2. The predicted molar refractivity (Wildman–Crippen MR) is 62.1 cm³/mol. The predicted octanol–water partition coefficient (Wildman–Crippen LogP) is 2.96. The second kappa shape index (κ2) is 4.59. The van der Waals surface area contributed by atoms with Crippen LogP contribution in [0.15, 0.2) is 41.8 Å². The number of benzene rings is 1. The highest BCUT2D eigenvalue weighted by molar-refractivity contribution is 7.11. The molecule has 0 spiro atoms. The Labute approximate surface area is 92.4 Å². The first-order valence-corrected chi connectivity index (χ1v) is 5.37. The van der Waals surface area contributed by atoms with Gasteiger partial charge >= 0.3 is 0 Å². The molecule has 0 fully saturated rings. The average Bonchev–Trinajstić information content (AvgIpc) is 2.76. The van der Waals surface area contributed by atoms with Crippen LogP contribution in [0.1, 0.15) is 20.8 Å². The summed E-state index contributed by atoms with van der Waals surface area (Å²) in [7, 11) is 0. The molecule has 0 N–H and O–H groups in total. The van der Waals surface area contributed by atoms with Gasteiger partial charge in [-0.1, -0.05) is 30.0 Å². The minimum Gasteiger partial charge on any atom is -0.297 e. The molecule has 0 aliphatic carbocycles. The molecule has 15 heavy (non-hydrogen) atoms. The molecule has 1 heterocycles. The van der Waals surface area contributed by atoms with Crippen LogP contribution in [-0.4, -0.2) is 6.29 Å². The fraction of sp³-hybridized carbons (Fsp3) is 0. The van der Waals surface area contributed by atoms with Crippen LogP contribution in [-0.2, 0) is 0 Å². The lowest BCUT2D eigenvalue weighted by Gasteiger charge is -1.85. The summed E-state index contributed by atoms with van der Waals surface area (Å²) in [5.74, 6) is 6.06. The van der Waals surface area contributed by atoms with Crippen molar-refractivity contribution in [1.29, 1.82) is 0 Å². The first-order valence-electron chi connectivity index (χ1n) is 4.49. The number of carbonyl (C=O) groups is 1. The molecule has 2 rings (SSSR count). The maximum atomic E-state index is 10.5. The Morgan fingerprint density at radius 2 is 1.80 bits per heavy atom. The van der Waals surface area contributed by atoms with E-state index in [2.05, 4.69) is 11.8 Å². The normalized spacial score (nSPS) is 9.07. The molecule has 0 amide bonds. The Balaban J connectivity index is 2.22. The smallest absolute Gasteiger partial charge is 0.160 e. The van der Waals surface area contributed by atoms with E-state index in [0.717, 1.165) is 17.4 Å². The monoisotopic (exact) mass is 212 g/mol. The molecular formula is C13H8OS. The Bertz CT molecular complexity index is 514. The number of hydrogen-bond donors (Lipinski definition) is 0. The van der Waals surface area contributed by atoms with E-state index in [9.17, 15) is 4.79 Å². The van der Waals surface area contributed by atoms with E-state index in [-0.39, 0.29) is 0 Å². The molecule has 0 unspecified atom stereocenters. The summed E-state index contributed by atoms with van der Waals surface area (Å²) in [6, 6.07) is 11.6. The number of rotatable bonds is 1. The molecule has 0 saturated heterocycles. The highest BCUT2D eigenvalue weighted by Crippen LogP contribution is 2.11. The summed E-state index contributed by atoms with van der Waals surface area (Å²) in [6.07, 6.45) is 0.846. The zero-order chi connectivity index (χ0) is 10.5. The van der Waals surface area contributed by atoms with Gasteiger partial charge in [-0.15, -0.1) is 11.3 Å². The minimum atomic E-state index is 0.715. The van der Waals surface area contributed by atoms with E-state index in [1.54, 1.807) is 6.07 Å². The second-order valence-electron chi connectivity index (χ2n) is 2.97. The van der Waals surface area contributed by atoms with Gasteiger partial charge in [0.1, 0.15) is 0 Å². The van der Waals surface area contributed by atoms with Crippen LogP contribution in [0.5, 0.6) is 0 Å². The van der Waals surface area contributed by atoms with Gasteiger partial charge in [-0.2, -0.15) is 0 Å². The first-order chi connectivity index (χ1) is 7.38. The molecular weight excluding hydrogens is 204 g/mol. The zero-order valence-electron chi connectivity index (χ0n) is 7.94. The van der Waals surface area contributed by atoms with Crippen molar-refractivity contribution in [1.82, 2.24) is 0 Å². The van der Waals surface area contributed by atoms with Crippen molar-refractivity contribution in [3.8, 4) is 11.8 Å². The molecule has 72 valence electrons. The van der Waals surface area contributed by atoms with E-state index in [0.29, 0.717) is 4.88 Å². The molecule has 0 radical (unpaired) electrons. The molecule has 0 saturated carbocycles. The molecule has 2 aromatic rings. The van der Waals surface area contributed by atoms with Gasteiger partial charge < -0.3 is 0 Å². The van der Waals surface area contributed by atoms with Crippen LogP contribution in [0.4, 0.5) is 0 Å². The molecule has 0 atom stereocenters. The Kier molecular flexibility index (Phi) is 2.96. The third-order valence-corrected chi connectivity index (χ3v) is 2.72. The lowest BCUT2D eigenvalue weighted by Crippen LogP contribution is -1.72. The van der Waals surface area contributed by atoms with Crippen molar-refractivity contribution in [2.24, 2.45) is 0 Å². The van der Waals surface area contributed by atoms with Gasteiger partial charge in [-0.05, 0) is 18.2 Å². The van der Waals surface area contributed by atoms with Crippen molar-refractivity contribution in [3.63, 3.8) is 0 Å². The third-order valence-electron chi connectivity index (χ3n) is 1.86. The van der Waals surface area contributed by atoms with E-state index < -0.39 is 0 Å². The van der Waals surface area contributed by atoms with Gasteiger partial charge in [-0.3, -0.25) is 4.79 Å². The van der Waals surface area contributed by atoms with Gasteiger partial charge in [0.2, 0.25) is 0 Å². The van der Waals surface area contributed by atoms with Crippen LogP contribution in [0.25, 0.3) is 0 Å². The van der Waals surface area contributed by atoms with Crippen molar-refractivity contribution >= 4 is 17.6 Å². The van der Waals surface area contributed by atoms with Gasteiger partial charge in [0.25, 0.3) is 0 Å². The van der Waals surface area contributed by atoms with Gasteiger partial charge in [0.15, 0.2) is 6.29 Å². The van der Waals surface area contributed by atoms with Crippen LogP contribution >= 0.6 is 11.3 Å². The van der Waals surface area contributed by atoms with Crippen LogP contribution in [0.3, 0.4) is 0 Å². The maximum absolute atomic E-state index is 10.5. The summed E-state index contributed by atoms with van der Waals surface area (Å²) in [6.45, 7) is 0. The summed E-state index contributed by atoms with van der Waals surface area (Å²) >= 11 is 1.41. The highest BCUT2D eigenvalue weighted by Gasteiger charge is 1.94. The van der Waals surface area contributed by atoms with Crippen molar-refractivity contribution in [2.45, 2.75) is 0 Å². The Morgan fingerprint density at radius 1 is 1.07 bits per heavy atom. The lowest BCUT2D eigenvalue weighted by molar-refractivity contribution is 0.112. The molecule has 1 nitrogen and oxygen atoms in total. The van der Waals surface area contributed by atoms with E-state index in [1.165, 1.54) is 11.3 Å². The van der Waals surface area contributed by atoms with Crippen molar-refractivity contribution in [2.75, 3.05) is 0 Å². The quantitative estimate of drug-likeness (QED) is 0.524. The number of aldehydes is 1. The standard InChI is InChI=1S/C13H8OS/c14-9-13-8-12(10-15-13)7-6-11-4-2-1-3-5-11/h1-5,8-10H. The lowest BCUT2D eigenvalue weighted by atomic mass is 10.2. The van der Waals surface area contributed by atoms with Gasteiger partial charge in [0, 0.05) is 16.5 Å². The number of carbonyl (C=O) groups excluding carboxylic acids is 1. The average molecular weight is 212 g/mol. The molecule has 1 aromatic heterocycles. The van der Waals surface area contributed by atoms with Crippen LogP contribution in [0, 0.1) is 11.8 Å². The molecule has 0 aliphatic heterocycles. The van der Waals surface area contributed by atoms with Crippen LogP contribution < -0.4 is 0 Å². The number of thiophene rings is 1. The largest absolute Gasteiger partial charge is 0.297 e. The van der Waals surface area contributed by atoms with Gasteiger partial charge in [-0.25, -0.2) is 0 Å². The summed E-state index contributed by atoms with van der Waals surface area (Å²) in [4.78, 5) is 11.2. The van der Waals surface area contributed by atoms with Gasteiger partial charge in [0.05, 0.1) is 4.88 Å². The first kappa shape index (κ1) is 9.70. The molecule has 2 heteroatoms. The third kappa shape index (κ3) is 2.55. The minimum absolute atomic E-state index is 0.715. The fourth-order valence-corrected chi connectivity index (χ4v) is 1.79. The van der Waals surface area contributed by atoms with E-state index >= 15 is 0 Å². The van der Waals surface area contributed by atoms with Crippen molar-refractivity contribution in [3.05, 3.63) is 57.8 Å². The highest BCUT2D eigenvalue weighted by atomic mass is 32.1. The topological polar surface area (TPSA) is 17.1 Å².